The lowest BCUT2D eigenvalue weighted by Crippen LogP contribution is -2.76. The number of carbonyl (C=O) groups excluding carboxylic acids is 1. The molecule has 1 saturated carbocycles. The number of carboxylic acid groups (broad SMARTS) is 1. The van der Waals surface area contributed by atoms with E-state index in [2.05, 4.69) is 15.6 Å². The number of carboxylic acids is 1. The highest BCUT2D eigenvalue weighted by molar-refractivity contribution is 5.90. The van der Waals surface area contributed by atoms with Crippen molar-refractivity contribution in [2.24, 2.45) is 5.41 Å². The number of rotatable bonds is 7. The van der Waals surface area contributed by atoms with Crippen molar-refractivity contribution >= 4 is 11.9 Å². The Balaban J connectivity index is 1.75. The predicted octanol–water partition coefficient (Wildman–Crippen LogP) is 1.89. The van der Waals surface area contributed by atoms with Gasteiger partial charge in [0, 0.05) is 18.4 Å². The van der Waals surface area contributed by atoms with Gasteiger partial charge in [0.2, 0.25) is 5.91 Å². The summed E-state index contributed by atoms with van der Waals surface area (Å²) in [6, 6.07) is 9.50. The molecule has 3 rings (SSSR count). The van der Waals surface area contributed by atoms with Gasteiger partial charge in [0.05, 0.1) is 29.6 Å². The molecule has 1 heterocycles. The first kappa shape index (κ1) is 20.0. The molecular formula is C20H26N4O4. The summed E-state index contributed by atoms with van der Waals surface area (Å²) >= 11 is 0. The smallest absolute Gasteiger partial charge is 0.330 e. The molecule has 2 aromatic rings. The molecule has 1 aliphatic carbocycles. The summed E-state index contributed by atoms with van der Waals surface area (Å²) in [5.74, 6) is -1.44. The molecule has 0 aliphatic heterocycles. The van der Waals surface area contributed by atoms with Gasteiger partial charge in [-0.1, -0.05) is 37.3 Å². The number of amides is 1. The second-order valence-electron chi connectivity index (χ2n) is 7.67. The molecule has 2 atom stereocenters. The molecule has 1 aromatic carbocycles. The lowest BCUT2D eigenvalue weighted by atomic mass is 9.54. The average molecular weight is 386 g/mol. The van der Waals surface area contributed by atoms with Crippen LogP contribution in [-0.2, 0) is 20.7 Å². The first-order valence-corrected chi connectivity index (χ1v) is 9.35. The third kappa shape index (κ3) is 3.17. The molecular weight excluding hydrogens is 360 g/mol. The maximum atomic E-state index is 12.7. The van der Waals surface area contributed by atoms with Crippen LogP contribution in [0.4, 0.5) is 0 Å². The summed E-state index contributed by atoms with van der Waals surface area (Å²) in [6.45, 7) is 7.82. The van der Waals surface area contributed by atoms with Gasteiger partial charge in [0.1, 0.15) is 5.54 Å². The number of ether oxygens (including phenoxy) is 1. The van der Waals surface area contributed by atoms with Crippen LogP contribution in [-0.4, -0.2) is 50.2 Å². The summed E-state index contributed by atoms with van der Waals surface area (Å²) in [5, 5.41) is 20.8. The lowest BCUT2D eigenvalue weighted by Gasteiger charge is -2.58. The normalized spacial score (nSPS) is 23.1. The Labute approximate surface area is 163 Å². The fourth-order valence-corrected chi connectivity index (χ4v) is 3.81. The number of para-hydroxylation sites is 1. The summed E-state index contributed by atoms with van der Waals surface area (Å²) in [6.07, 6.45) is -0.0113. The number of nitrogens with one attached hydrogen (secondary N) is 1. The van der Waals surface area contributed by atoms with Crippen LogP contribution < -0.4 is 5.32 Å². The van der Waals surface area contributed by atoms with Crippen LogP contribution >= 0.6 is 0 Å². The number of benzene rings is 1. The summed E-state index contributed by atoms with van der Waals surface area (Å²) in [5.41, 5.74) is 0.0288. The maximum absolute atomic E-state index is 12.7. The zero-order valence-electron chi connectivity index (χ0n) is 16.6. The molecule has 1 aliphatic rings. The highest BCUT2D eigenvalue weighted by Crippen LogP contribution is 2.51. The Kier molecular flexibility index (Phi) is 5.25. The van der Waals surface area contributed by atoms with Crippen LogP contribution in [0.5, 0.6) is 0 Å². The Bertz CT molecular complexity index is 878. The van der Waals surface area contributed by atoms with Crippen molar-refractivity contribution in [3.63, 3.8) is 0 Å². The topological polar surface area (TPSA) is 106 Å². The van der Waals surface area contributed by atoms with E-state index in [9.17, 15) is 14.7 Å². The monoisotopic (exact) mass is 386 g/mol. The second-order valence-corrected chi connectivity index (χ2v) is 7.67. The van der Waals surface area contributed by atoms with Crippen LogP contribution in [0.3, 0.4) is 0 Å². The van der Waals surface area contributed by atoms with Gasteiger partial charge in [-0.15, -0.1) is 5.10 Å². The third-order valence-corrected chi connectivity index (χ3v) is 5.80. The largest absolute Gasteiger partial charge is 0.479 e. The van der Waals surface area contributed by atoms with E-state index in [0.29, 0.717) is 12.3 Å². The Morgan fingerprint density at radius 1 is 1.32 bits per heavy atom. The SMILES string of the molecule is CCOC1CC(NC(=O)Cc2nnn(-c3ccccc3)c2C)(C(=O)O)C1(C)C. The number of aliphatic carboxylic acids is 1. The molecule has 0 saturated heterocycles. The van der Waals surface area contributed by atoms with E-state index < -0.39 is 22.8 Å². The minimum atomic E-state index is -1.35. The van der Waals surface area contributed by atoms with Crippen LogP contribution in [0.2, 0.25) is 0 Å². The predicted molar refractivity (Wildman–Crippen MR) is 102 cm³/mol. The minimum Gasteiger partial charge on any atom is -0.479 e. The standard InChI is InChI=1S/C20H26N4O4/c1-5-28-16-12-20(18(26)27,19(16,3)4)21-17(25)11-15-13(2)24(23-22-15)14-9-7-6-8-10-14/h6-10,16H,5,11-12H2,1-4H3,(H,21,25)(H,26,27). The van der Waals surface area contributed by atoms with Gasteiger partial charge in [-0.25, -0.2) is 9.48 Å². The van der Waals surface area contributed by atoms with Crippen LogP contribution in [0.25, 0.3) is 5.69 Å². The van der Waals surface area contributed by atoms with Gasteiger partial charge in [-0.05, 0) is 26.0 Å². The van der Waals surface area contributed by atoms with Gasteiger partial charge < -0.3 is 15.2 Å². The van der Waals surface area contributed by atoms with Gasteiger partial charge in [-0.3, -0.25) is 4.79 Å². The van der Waals surface area contributed by atoms with E-state index in [1.54, 1.807) is 4.68 Å². The molecule has 0 radical (unpaired) electrons. The minimum absolute atomic E-state index is 0.0386. The van der Waals surface area contributed by atoms with E-state index in [4.69, 9.17) is 4.74 Å². The van der Waals surface area contributed by atoms with E-state index in [1.165, 1.54) is 0 Å². The Morgan fingerprint density at radius 3 is 2.57 bits per heavy atom. The number of hydrogen-bond donors (Lipinski definition) is 2. The maximum Gasteiger partial charge on any atom is 0.330 e. The number of hydrogen-bond acceptors (Lipinski definition) is 5. The highest BCUT2D eigenvalue weighted by atomic mass is 16.5. The first-order valence-electron chi connectivity index (χ1n) is 9.35. The fraction of sp³-hybridized carbons (Fsp3) is 0.500. The molecule has 28 heavy (non-hydrogen) atoms. The van der Waals surface area contributed by atoms with Crippen molar-refractivity contribution in [2.45, 2.75) is 52.2 Å². The molecule has 1 fully saturated rings. The van der Waals surface area contributed by atoms with Crippen LogP contribution in [0, 0.1) is 12.3 Å². The molecule has 8 heteroatoms. The van der Waals surface area contributed by atoms with E-state index in [1.807, 2.05) is 58.0 Å². The Morgan fingerprint density at radius 2 is 2.00 bits per heavy atom. The van der Waals surface area contributed by atoms with E-state index in [0.717, 1.165) is 11.4 Å². The first-order chi connectivity index (χ1) is 13.2. The number of carbonyl (C=O) groups is 2. The molecule has 2 N–H and O–H groups in total. The highest BCUT2D eigenvalue weighted by Gasteiger charge is 2.66. The van der Waals surface area contributed by atoms with Crippen molar-refractivity contribution in [1.29, 1.82) is 0 Å². The lowest BCUT2D eigenvalue weighted by molar-refractivity contribution is -0.194. The van der Waals surface area contributed by atoms with Crippen molar-refractivity contribution < 1.29 is 19.4 Å². The Hall–Kier alpha value is -2.74. The van der Waals surface area contributed by atoms with Gasteiger partial charge in [0.25, 0.3) is 0 Å². The molecule has 8 nitrogen and oxygen atoms in total. The van der Waals surface area contributed by atoms with Crippen molar-refractivity contribution in [3.05, 3.63) is 41.7 Å². The summed E-state index contributed by atoms with van der Waals surface area (Å²) in [7, 11) is 0. The van der Waals surface area contributed by atoms with Gasteiger partial charge in [0.15, 0.2) is 0 Å². The van der Waals surface area contributed by atoms with Crippen molar-refractivity contribution in [2.75, 3.05) is 6.61 Å². The number of nitrogens with zero attached hydrogens (tertiary/aromatic N) is 3. The van der Waals surface area contributed by atoms with Crippen molar-refractivity contribution in [3.8, 4) is 5.69 Å². The summed E-state index contributed by atoms with van der Waals surface area (Å²) in [4.78, 5) is 24.7. The summed E-state index contributed by atoms with van der Waals surface area (Å²) < 4.78 is 7.29. The van der Waals surface area contributed by atoms with Crippen LogP contribution in [0.1, 0.15) is 38.6 Å². The van der Waals surface area contributed by atoms with Crippen molar-refractivity contribution in [1.82, 2.24) is 20.3 Å². The molecule has 0 spiro atoms. The molecule has 2 unspecified atom stereocenters. The van der Waals surface area contributed by atoms with Gasteiger partial charge in [-0.2, -0.15) is 0 Å². The fourth-order valence-electron chi connectivity index (χ4n) is 3.81. The van der Waals surface area contributed by atoms with Gasteiger partial charge >= 0.3 is 5.97 Å². The van der Waals surface area contributed by atoms with E-state index >= 15 is 0 Å². The molecule has 150 valence electrons. The van der Waals surface area contributed by atoms with E-state index in [-0.39, 0.29) is 18.9 Å². The molecule has 0 bridgehead atoms. The molecule has 1 aromatic heterocycles. The third-order valence-electron chi connectivity index (χ3n) is 5.80. The average Bonchev–Trinajstić information content (AvgIpc) is 3.01. The number of aromatic nitrogens is 3. The quantitative estimate of drug-likeness (QED) is 0.753. The second kappa shape index (κ2) is 7.35. The van der Waals surface area contributed by atoms with Crippen LogP contribution in [0.15, 0.2) is 30.3 Å². The molecule has 1 amide bonds. The zero-order chi connectivity index (χ0) is 20.5. The zero-order valence-corrected chi connectivity index (χ0v) is 16.6.